The van der Waals surface area contributed by atoms with Crippen LogP contribution in [0.5, 0.6) is 5.75 Å². The molecule has 150 valence electrons. The average Bonchev–Trinajstić information content (AvgIpc) is 2.65. The van der Waals surface area contributed by atoms with E-state index in [1.54, 1.807) is 24.3 Å². The fraction of sp³-hybridized carbons (Fsp3) is 0.300. The molecule has 0 aliphatic heterocycles. The number of amides is 2. The van der Waals surface area contributed by atoms with Gasteiger partial charge < -0.3 is 15.4 Å². The molecule has 0 aliphatic rings. The lowest BCUT2D eigenvalue weighted by molar-refractivity contribution is -0.137. The van der Waals surface area contributed by atoms with Gasteiger partial charge in [0.15, 0.2) is 0 Å². The molecule has 0 bridgehead atoms. The van der Waals surface area contributed by atoms with Crippen molar-refractivity contribution in [3.63, 3.8) is 0 Å². The Morgan fingerprint density at radius 1 is 1.11 bits per heavy atom. The lowest BCUT2D eigenvalue weighted by atomic mass is 10.0. The number of rotatable bonds is 7. The van der Waals surface area contributed by atoms with Gasteiger partial charge in [0.25, 0.3) is 0 Å². The third-order valence-electron chi connectivity index (χ3n) is 4.03. The van der Waals surface area contributed by atoms with Gasteiger partial charge in [0.2, 0.25) is 11.8 Å². The molecule has 2 aromatic carbocycles. The molecule has 2 N–H and O–H groups in total. The first kappa shape index (κ1) is 21.3. The Kier molecular flexibility index (Phi) is 7.03. The molecule has 5 nitrogen and oxygen atoms in total. The SMILES string of the molecule is COc1ccc(C(CC(=O)NCc2cccc(C(F)(F)F)c2)NC(C)=O)cc1. The number of benzene rings is 2. The molecule has 1 unspecified atom stereocenters. The van der Waals surface area contributed by atoms with Gasteiger partial charge in [0, 0.05) is 13.5 Å². The molecule has 2 aromatic rings. The van der Waals surface area contributed by atoms with Crippen molar-refractivity contribution in [2.24, 2.45) is 0 Å². The summed E-state index contributed by atoms with van der Waals surface area (Å²) in [5.74, 6) is -0.0576. The molecule has 1 atom stereocenters. The van der Waals surface area contributed by atoms with Crippen LogP contribution in [0.3, 0.4) is 0 Å². The van der Waals surface area contributed by atoms with Gasteiger partial charge in [-0.25, -0.2) is 0 Å². The smallest absolute Gasteiger partial charge is 0.416 e. The third kappa shape index (κ3) is 6.29. The molecular formula is C20H21F3N2O3. The molecule has 0 aliphatic carbocycles. The van der Waals surface area contributed by atoms with Crippen LogP contribution in [0, 0.1) is 0 Å². The minimum atomic E-state index is -4.44. The Hall–Kier alpha value is -3.03. The van der Waals surface area contributed by atoms with E-state index in [1.807, 2.05) is 0 Å². The van der Waals surface area contributed by atoms with Crippen LogP contribution in [0.1, 0.15) is 36.1 Å². The van der Waals surface area contributed by atoms with Crippen LogP contribution in [0.4, 0.5) is 13.2 Å². The molecule has 0 heterocycles. The monoisotopic (exact) mass is 394 g/mol. The summed E-state index contributed by atoms with van der Waals surface area (Å²) in [6.45, 7) is 1.30. The maximum Gasteiger partial charge on any atom is 0.416 e. The second-order valence-electron chi connectivity index (χ2n) is 6.21. The van der Waals surface area contributed by atoms with Crippen molar-refractivity contribution in [1.82, 2.24) is 10.6 Å². The zero-order valence-corrected chi connectivity index (χ0v) is 15.5. The van der Waals surface area contributed by atoms with E-state index in [0.29, 0.717) is 16.9 Å². The van der Waals surface area contributed by atoms with E-state index >= 15 is 0 Å². The lowest BCUT2D eigenvalue weighted by Gasteiger charge is -2.18. The summed E-state index contributed by atoms with van der Waals surface area (Å²) in [6, 6.07) is 11.1. The minimum Gasteiger partial charge on any atom is -0.497 e. The van der Waals surface area contributed by atoms with Crippen LogP contribution >= 0.6 is 0 Å². The first-order valence-corrected chi connectivity index (χ1v) is 8.53. The highest BCUT2D eigenvalue weighted by Crippen LogP contribution is 2.29. The number of hydrogen-bond acceptors (Lipinski definition) is 3. The molecule has 0 saturated heterocycles. The van der Waals surface area contributed by atoms with Crippen molar-refractivity contribution >= 4 is 11.8 Å². The number of halogens is 3. The molecule has 8 heteroatoms. The first-order valence-electron chi connectivity index (χ1n) is 8.53. The van der Waals surface area contributed by atoms with E-state index in [1.165, 1.54) is 26.2 Å². The summed E-state index contributed by atoms with van der Waals surface area (Å²) in [5, 5.41) is 5.29. The number of ether oxygens (including phenoxy) is 1. The highest BCUT2D eigenvalue weighted by Gasteiger charge is 2.30. The summed E-state index contributed by atoms with van der Waals surface area (Å²) < 4.78 is 43.4. The summed E-state index contributed by atoms with van der Waals surface area (Å²) in [5.41, 5.74) is 0.280. The van der Waals surface area contributed by atoms with Gasteiger partial charge in [0.1, 0.15) is 5.75 Å². The highest BCUT2D eigenvalue weighted by atomic mass is 19.4. The third-order valence-corrected chi connectivity index (χ3v) is 4.03. The molecule has 28 heavy (non-hydrogen) atoms. The Labute approximate surface area is 160 Å². The molecule has 0 saturated carbocycles. The fourth-order valence-corrected chi connectivity index (χ4v) is 2.65. The Morgan fingerprint density at radius 2 is 1.79 bits per heavy atom. The van der Waals surface area contributed by atoms with E-state index in [9.17, 15) is 22.8 Å². The standard InChI is InChI=1S/C20H21F3N2O3/c1-13(26)25-18(15-6-8-17(28-2)9-7-15)11-19(27)24-12-14-4-3-5-16(10-14)20(21,22)23/h3-10,18H,11-12H2,1-2H3,(H,24,27)(H,25,26). The first-order chi connectivity index (χ1) is 13.2. The van der Waals surface area contributed by atoms with Crippen LogP contribution in [-0.4, -0.2) is 18.9 Å². The Morgan fingerprint density at radius 3 is 2.36 bits per heavy atom. The summed E-state index contributed by atoms with van der Waals surface area (Å²) in [6.07, 6.45) is -4.49. The fourth-order valence-electron chi connectivity index (χ4n) is 2.65. The maximum absolute atomic E-state index is 12.8. The van der Waals surface area contributed by atoms with Gasteiger partial charge >= 0.3 is 6.18 Å². The Bertz CT molecular complexity index is 820. The van der Waals surface area contributed by atoms with Gasteiger partial charge in [-0.1, -0.05) is 24.3 Å². The molecule has 0 aromatic heterocycles. The Balaban J connectivity index is 2.02. The number of carbonyl (C=O) groups excluding carboxylic acids is 2. The number of carbonyl (C=O) groups is 2. The largest absolute Gasteiger partial charge is 0.497 e. The molecule has 0 spiro atoms. The van der Waals surface area contributed by atoms with Gasteiger partial charge in [-0.15, -0.1) is 0 Å². The predicted molar refractivity (Wildman–Crippen MR) is 97.5 cm³/mol. The number of nitrogens with one attached hydrogen (secondary N) is 2. The van der Waals surface area contributed by atoms with Crippen LogP contribution in [-0.2, 0) is 22.3 Å². The minimum absolute atomic E-state index is 0.0435. The van der Waals surface area contributed by atoms with Crippen molar-refractivity contribution in [2.45, 2.75) is 32.1 Å². The molecule has 2 amide bonds. The average molecular weight is 394 g/mol. The number of methoxy groups -OCH3 is 1. The topological polar surface area (TPSA) is 67.4 Å². The molecule has 2 rings (SSSR count). The van der Waals surface area contributed by atoms with Crippen molar-refractivity contribution in [1.29, 1.82) is 0 Å². The van der Waals surface area contributed by atoms with Crippen molar-refractivity contribution in [2.75, 3.05) is 7.11 Å². The zero-order chi connectivity index (χ0) is 20.7. The van der Waals surface area contributed by atoms with Gasteiger partial charge in [-0.05, 0) is 35.4 Å². The van der Waals surface area contributed by atoms with Crippen LogP contribution in [0.15, 0.2) is 48.5 Å². The predicted octanol–water partition coefficient (Wildman–Crippen LogP) is 3.60. The normalized spacial score (nSPS) is 12.2. The van der Waals surface area contributed by atoms with Gasteiger partial charge in [-0.2, -0.15) is 13.2 Å². The highest BCUT2D eigenvalue weighted by molar-refractivity contribution is 5.79. The summed E-state index contributed by atoms with van der Waals surface area (Å²) >= 11 is 0. The lowest BCUT2D eigenvalue weighted by Crippen LogP contribution is -2.32. The van der Waals surface area contributed by atoms with Gasteiger partial charge in [-0.3, -0.25) is 9.59 Å². The number of alkyl halides is 3. The second-order valence-corrected chi connectivity index (χ2v) is 6.21. The van der Waals surface area contributed by atoms with E-state index in [2.05, 4.69) is 10.6 Å². The van der Waals surface area contributed by atoms with E-state index < -0.39 is 23.7 Å². The molecule has 0 fully saturated rings. The summed E-state index contributed by atoms with van der Waals surface area (Å²) in [4.78, 5) is 23.7. The van der Waals surface area contributed by atoms with E-state index in [0.717, 1.165) is 12.1 Å². The van der Waals surface area contributed by atoms with E-state index in [4.69, 9.17) is 4.74 Å². The van der Waals surface area contributed by atoms with Crippen molar-refractivity contribution < 1.29 is 27.5 Å². The second kappa shape index (κ2) is 9.25. The molecular weight excluding hydrogens is 373 g/mol. The zero-order valence-electron chi connectivity index (χ0n) is 15.5. The quantitative estimate of drug-likeness (QED) is 0.754. The maximum atomic E-state index is 12.8. The van der Waals surface area contributed by atoms with E-state index in [-0.39, 0.29) is 18.9 Å². The van der Waals surface area contributed by atoms with Crippen LogP contribution < -0.4 is 15.4 Å². The molecule has 0 radical (unpaired) electrons. The van der Waals surface area contributed by atoms with Crippen molar-refractivity contribution in [3.8, 4) is 5.75 Å². The number of hydrogen-bond donors (Lipinski definition) is 2. The van der Waals surface area contributed by atoms with Gasteiger partial charge in [0.05, 0.1) is 25.1 Å². The summed E-state index contributed by atoms with van der Waals surface area (Å²) in [7, 11) is 1.53. The van der Waals surface area contributed by atoms with Crippen LogP contribution in [0.25, 0.3) is 0 Å². The van der Waals surface area contributed by atoms with Crippen LogP contribution in [0.2, 0.25) is 0 Å². The van der Waals surface area contributed by atoms with Crippen molar-refractivity contribution in [3.05, 3.63) is 65.2 Å².